The SMILES string of the molecule is CN=Cc1cc(C)c[n+](O)c1N. The lowest BCUT2D eigenvalue weighted by molar-refractivity contribution is -0.893. The lowest BCUT2D eigenvalue weighted by atomic mass is 10.2. The summed E-state index contributed by atoms with van der Waals surface area (Å²) in [6, 6.07) is 1.86. The van der Waals surface area contributed by atoms with E-state index in [-0.39, 0.29) is 0 Å². The van der Waals surface area contributed by atoms with Crippen LogP contribution in [0.4, 0.5) is 5.82 Å². The Morgan fingerprint density at radius 3 is 2.92 bits per heavy atom. The molecule has 1 rings (SSSR count). The number of hydrogen-bond acceptors (Lipinski definition) is 3. The van der Waals surface area contributed by atoms with Crippen molar-refractivity contribution in [3.05, 3.63) is 23.4 Å². The topological polar surface area (TPSA) is 62.5 Å². The standard InChI is InChI=1S/C8H11N3O/c1-6-3-7(4-10-2)8(9)11(12)5-6/h3-5,9,12H,1-2H3/p+1. The third-order valence-electron chi connectivity index (χ3n) is 1.52. The molecule has 0 radical (unpaired) electrons. The summed E-state index contributed by atoms with van der Waals surface area (Å²) in [6.07, 6.45) is 3.15. The van der Waals surface area contributed by atoms with Crippen LogP contribution in [0.25, 0.3) is 0 Å². The van der Waals surface area contributed by atoms with Gasteiger partial charge in [-0.25, -0.2) is 0 Å². The van der Waals surface area contributed by atoms with Crippen LogP contribution in [0.2, 0.25) is 0 Å². The summed E-state index contributed by atoms with van der Waals surface area (Å²) in [5, 5.41) is 9.24. The molecule has 3 N–H and O–H groups in total. The van der Waals surface area contributed by atoms with E-state index < -0.39 is 0 Å². The highest BCUT2D eigenvalue weighted by Crippen LogP contribution is 2.04. The van der Waals surface area contributed by atoms with Crippen molar-refractivity contribution in [1.82, 2.24) is 0 Å². The molecule has 0 aliphatic carbocycles. The third-order valence-corrected chi connectivity index (χ3v) is 1.52. The van der Waals surface area contributed by atoms with Crippen LogP contribution in [-0.4, -0.2) is 18.5 Å². The minimum Gasteiger partial charge on any atom is -0.350 e. The quantitative estimate of drug-likeness (QED) is 0.354. The van der Waals surface area contributed by atoms with Crippen molar-refractivity contribution in [2.24, 2.45) is 4.99 Å². The number of hydrogen-bond donors (Lipinski definition) is 2. The summed E-state index contributed by atoms with van der Waals surface area (Å²) in [4.78, 5) is 3.82. The zero-order valence-electron chi connectivity index (χ0n) is 7.15. The molecule has 0 spiro atoms. The van der Waals surface area contributed by atoms with Gasteiger partial charge in [-0.1, -0.05) is 4.73 Å². The fourth-order valence-electron chi connectivity index (χ4n) is 0.994. The van der Waals surface area contributed by atoms with Crippen LogP contribution < -0.4 is 10.5 Å². The van der Waals surface area contributed by atoms with Crippen LogP contribution in [0.15, 0.2) is 17.3 Å². The van der Waals surface area contributed by atoms with Gasteiger partial charge in [-0.05, 0) is 18.6 Å². The van der Waals surface area contributed by atoms with E-state index in [1.807, 2.05) is 13.0 Å². The number of nitrogens with two attached hydrogens (primary N) is 1. The molecule has 0 aliphatic heterocycles. The number of aliphatic imine (C=N–C) groups is 1. The molecular weight excluding hydrogens is 154 g/mol. The molecule has 0 bridgehead atoms. The van der Waals surface area contributed by atoms with E-state index in [2.05, 4.69) is 4.99 Å². The molecule has 4 nitrogen and oxygen atoms in total. The minimum atomic E-state index is 0.297. The van der Waals surface area contributed by atoms with Gasteiger partial charge in [-0.15, -0.1) is 0 Å². The normalized spacial score (nSPS) is 10.8. The van der Waals surface area contributed by atoms with Crippen LogP contribution in [0.5, 0.6) is 0 Å². The molecule has 0 amide bonds. The molecule has 0 saturated heterocycles. The van der Waals surface area contributed by atoms with Gasteiger partial charge in [-0.3, -0.25) is 10.7 Å². The van der Waals surface area contributed by atoms with Crippen LogP contribution in [0, 0.1) is 6.92 Å². The molecule has 0 saturated carbocycles. The van der Waals surface area contributed by atoms with Gasteiger partial charge >= 0.3 is 5.82 Å². The molecule has 0 aliphatic rings. The average Bonchev–Trinajstić information content (AvgIpc) is 2.00. The Morgan fingerprint density at radius 2 is 2.33 bits per heavy atom. The molecule has 0 atom stereocenters. The number of aromatic nitrogens is 1. The summed E-state index contributed by atoms with van der Waals surface area (Å²) in [7, 11) is 1.66. The predicted molar refractivity (Wildman–Crippen MR) is 46.5 cm³/mol. The second-order valence-corrected chi connectivity index (χ2v) is 2.59. The Hall–Kier alpha value is -1.58. The highest BCUT2D eigenvalue weighted by atomic mass is 16.5. The van der Waals surface area contributed by atoms with Gasteiger partial charge in [0.05, 0.1) is 5.56 Å². The van der Waals surface area contributed by atoms with Crippen LogP contribution in [0.1, 0.15) is 11.1 Å². The highest BCUT2D eigenvalue weighted by Gasteiger charge is 2.08. The Kier molecular flexibility index (Phi) is 2.28. The fraction of sp³-hybridized carbons (Fsp3) is 0.250. The Bertz CT molecular complexity index is 320. The maximum absolute atomic E-state index is 9.24. The van der Waals surface area contributed by atoms with E-state index in [4.69, 9.17) is 5.73 Å². The molecule has 1 heterocycles. The molecular formula is C8H12N3O+. The van der Waals surface area contributed by atoms with E-state index >= 15 is 0 Å². The van der Waals surface area contributed by atoms with Gasteiger partial charge in [-0.2, -0.15) is 0 Å². The molecule has 0 aromatic carbocycles. The van der Waals surface area contributed by atoms with Gasteiger partial charge in [0.15, 0.2) is 0 Å². The number of aryl methyl sites for hydroxylation is 1. The van der Waals surface area contributed by atoms with E-state index in [0.717, 1.165) is 15.9 Å². The molecule has 1 aromatic heterocycles. The van der Waals surface area contributed by atoms with Crippen molar-refractivity contribution in [2.75, 3.05) is 12.8 Å². The number of rotatable bonds is 1. The average molecular weight is 166 g/mol. The van der Waals surface area contributed by atoms with Crippen molar-refractivity contribution in [3.63, 3.8) is 0 Å². The summed E-state index contributed by atoms with van der Waals surface area (Å²) in [6.45, 7) is 1.87. The Morgan fingerprint density at radius 1 is 1.67 bits per heavy atom. The number of pyridine rings is 1. The van der Waals surface area contributed by atoms with Gasteiger partial charge in [0.25, 0.3) is 0 Å². The zero-order chi connectivity index (χ0) is 9.14. The molecule has 0 unspecified atom stereocenters. The maximum atomic E-state index is 9.24. The lowest BCUT2D eigenvalue weighted by Crippen LogP contribution is -2.35. The predicted octanol–water partition coefficient (Wildman–Crippen LogP) is 0.151. The molecule has 0 fully saturated rings. The van der Waals surface area contributed by atoms with Crippen LogP contribution in [-0.2, 0) is 0 Å². The molecule has 1 aromatic rings. The van der Waals surface area contributed by atoms with Crippen LogP contribution >= 0.6 is 0 Å². The number of nitrogen functional groups attached to an aromatic ring is 1. The molecule has 4 heteroatoms. The highest BCUT2D eigenvalue weighted by molar-refractivity contribution is 5.84. The van der Waals surface area contributed by atoms with Gasteiger partial charge in [0, 0.05) is 13.3 Å². The first-order valence-electron chi connectivity index (χ1n) is 3.58. The largest absolute Gasteiger partial charge is 0.350 e. The molecule has 64 valence electrons. The second kappa shape index (κ2) is 3.21. The zero-order valence-corrected chi connectivity index (χ0v) is 7.15. The summed E-state index contributed by atoms with van der Waals surface area (Å²) >= 11 is 0. The Labute approximate surface area is 70.9 Å². The third kappa shape index (κ3) is 1.53. The first-order chi connectivity index (χ1) is 5.65. The van der Waals surface area contributed by atoms with Crippen molar-refractivity contribution < 1.29 is 9.94 Å². The lowest BCUT2D eigenvalue weighted by Gasteiger charge is -1.98. The summed E-state index contributed by atoms with van der Waals surface area (Å²) in [5.41, 5.74) is 7.21. The minimum absolute atomic E-state index is 0.297. The van der Waals surface area contributed by atoms with E-state index in [1.54, 1.807) is 19.5 Å². The summed E-state index contributed by atoms with van der Waals surface area (Å²) < 4.78 is 0.895. The van der Waals surface area contributed by atoms with E-state index in [9.17, 15) is 5.21 Å². The van der Waals surface area contributed by atoms with Crippen molar-refractivity contribution in [3.8, 4) is 0 Å². The number of anilines is 1. The smallest absolute Gasteiger partial charge is 0.320 e. The fourth-order valence-corrected chi connectivity index (χ4v) is 0.994. The van der Waals surface area contributed by atoms with Crippen molar-refractivity contribution in [1.29, 1.82) is 0 Å². The van der Waals surface area contributed by atoms with Crippen molar-refractivity contribution >= 4 is 12.0 Å². The summed E-state index contributed by atoms with van der Waals surface area (Å²) in [5.74, 6) is 0.297. The van der Waals surface area contributed by atoms with E-state index in [0.29, 0.717) is 5.82 Å². The van der Waals surface area contributed by atoms with Crippen molar-refractivity contribution in [2.45, 2.75) is 6.92 Å². The monoisotopic (exact) mass is 166 g/mol. The maximum Gasteiger partial charge on any atom is 0.320 e. The second-order valence-electron chi connectivity index (χ2n) is 2.59. The first-order valence-corrected chi connectivity index (χ1v) is 3.58. The van der Waals surface area contributed by atoms with Gasteiger partial charge in [0.1, 0.15) is 6.20 Å². The first kappa shape index (κ1) is 8.52. The van der Waals surface area contributed by atoms with Crippen LogP contribution in [0.3, 0.4) is 0 Å². The number of nitrogens with zero attached hydrogens (tertiary/aromatic N) is 2. The van der Waals surface area contributed by atoms with Gasteiger partial charge in [0.2, 0.25) is 0 Å². The molecule has 12 heavy (non-hydrogen) atoms. The van der Waals surface area contributed by atoms with Gasteiger partial charge < -0.3 is 5.21 Å². The Balaban J connectivity index is 3.27. The van der Waals surface area contributed by atoms with E-state index in [1.165, 1.54) is 0 Å².